The van der Waals surface area contributed by atoms with Crippen LogP contribution >= 0.6 is 0 Å². The summed E-state index contributed by atoms with van der Waals surface area (Å²) in [5.74, 6) is 1.10. The highest BCUT2D eigenvalue weighted by Crippen LogP contribution is 2.21. The average molecular weight is 139 g/mol. The van der Waals surface area contributed by atoms with Crippen molar-refractivity contribution in [3.63, 3.8) is 0 Å². The second kappa shape index (κ2) is 1.95. The molecule has 0 amide bonds. The predicted molar refractivity (Wildman–Crippen MR) is 41.3 cm³/mol. The number of hydrogen-bond donors (Lipinski definition) is 2. The summed E-state index contributed by atoms with van der Waals surface area (Å²) < 4.78 is 0. The van der Waals surface area contributed by atoms with Gasteiger partial charge in [-0.15, -0.1) is 0 Å². The van der Waals surface area contributed by atoms with Crippen LogP contribution in [0.25, 0.3) is 0 Å². The standard InChI is InChI=1S/C7H13N3/c1-6-9-5-7(10-6)2-3-8-4-7/h8H,2-5H2,1H3,(H,9,10). The van der Waals surface area contributed by atoms with E-state index in [0.29, 0.717) is 0 Å². The van der Waals surface area contributed by atoms with E-state index >= 15 is 0 Å². The molecule has 2 aliphatic rings. The molecule has 0 bridgehead atoms. The quantitative estimate of drug-likeness (QED) is 0.485. The minimum atomic E-state index is 0.226. The van der Waals surface area contributed by atoms with E-state index in [0.717, 1.165) is 25.5 Å². The number of rotatable bonds is 0. The molecule has 2 aliphatic heterocycles. The van der Waals surface area contributed by atoms with Crippen LogP contribution in [0.2, 0.25) is 0 Å². The van der Waals surface area contributed by atoms with Crippen molar-refractivity contribution in [3.05, 3.63) is 0 Å². The molecule has 1 fully saturated rings. The Hall–Kier alpha value is -0.570. The number of nitrogens with one attached hydrogen (secondary N) is 2. The molecule has 2 rings (SSSR count). The SMILES string of the molecule is CC1=NC2(CCNC2)CN1. The first-order valence-electron chi connectivity index (χ1n) is 3.82. The Balaban J connectivity index is 2.16. The van der Waals surface area contributed by atoms with E-state index in [1.54, 1.807) is 0 Å². The molecule has 1 saturated heterocycles. The zero-order valence-corrected chi connectivity index (χ0v) is 6.28. The van der Waals surface area contributed by atoms with Gasteiger partial charge in [0, 0.05) is 13.1 Å². The second-order valence-corrected chi connectivity index (χ2v) is 3.20. The molecule has 0 saturated carbocycles. The molecule has 10 heavy (non-hydrogen) atoms. The lowest BCUT2D eigenvalue weighted by atomic mass is 10.0. The van der Waals surface area contributed by atoms with Gasteiger partial charge in [0.1, 0.15) is 0 Å². The topological polar surface area (TPSA) is 36.4 Å². The van der Waals surface area contributed by atoms with Gasteiger partial charge < -0.3 is 10.6 Å². The summed E-state index contributed by atoms with van der Waals surface area (Å²) in [7, 11) is 0. The zero-order valence-electron chi connectivity index (χ0n) is 6.28. The van der Waals surface area contributed by atoms with Gasteiger partial charge >= 0.3 is 0 Å². The van der Waals surface area contributed by atoms with E-state index in [2.05, 4.69) is 15.6 Å². The lowest BCUT2D eigenvalue weighted by Gasteiger charge is -2.15. The summed E-state index contributed by atoms with van der Waals surface area (Å²) in [5.41, 5.74) is 0.226. The van der Waals surface area contributed by atoms with Gasteiger partial charge in [0.15, 0.2) is 0 Å². The minimum absolute atomic E-state index is 0.226. The average Bonchev–Trinajstić information content (AvgIpc) is 2.46. The van der Waals surface area contributed by atoms with E-state index in [-0.39, 0.29) is 5.54 Å². The molecule has 2 N–H and O–H groups in total. The van der Waals surface area contributed by atoms with E-state index in [9.17, 15) is 0 Å². The third-order valence-corrected chi connectivity index (χ3v) is 2.30. The molecule has 1 atom stereocenters. The third-order valence-electron chi connectivity index (χ3n) is 2.30. The monoisotopic (exact) mass is 139 g/mol. The number of amidine groups is 1. The van der Waals surface area contributed by atoms with E-state index in [1.165, 1.54) is 6.42 Å². The van der Waals surface area contributed by atoms with E-state index < -0.39 is 0 Å². The fourth-order valence-electron chi connectivity index (χ4n) is 1.70. The van der Waals surface area contributed by atoms with Crippen LogP contribution in [0.4, 0.5) is 0 Å². The van der Waals surface area contributed by atoms with Crippen LogP contribution in [0.5, 0.6) is 0 Å². The molecule has 2 heterocycles. The molecular formula is C7H13N3. The van der Waals surface area contributed by atoms with Gasteiger partial charge in [-0.3, -0.25) is 4.99 Å². The van der Waals surface area contributed by atoms with Gasteiger partial charge in [0.05, 0.1) is 11.4 Å². The molecule has 0 aromatic heterocycles. The van der Waals surface area contributed by atoms with Gasteiger partial charge in [-0.05, 0) is 19.9 Å². The van der Waals surface area contributed by atoms with Gasteiger partial charge in [-0.2, -0.15) is 0 Å². The highest BCUT2D eigenvalue weighted by atomic mass is 15.2. The Morgan fingerprint density at radius 1 is 1.50 bits per heavy atom. The maximum atomic E-state index is 4.56. The van der Waals surface area contributed by atoms with Crippen molar-refractivity contribution in [1.82, 2.24) is 10.6 Å². The highest BCUT2D eigenvalue weighted by molar-refractivity contribution is 5.82. The summed E-state index contributed by atoms with van der Waals surface area (Å²) >= 11 is 0. The Kier molecular flexibility index (Phi) is 1.20. The molecule has 3 nitrogen and oxygen atoms in total. The third kappa shape index (κ3) is 0.814. The normalized spacial score (nSPS) is 38.3. The second-order valence-electron chi connectivity index (χ2n) is 3.20. The summed E-state index contributed by atoms with van der Waals surface area (Å²) in [4.78, 5) is 4.56. The van der Waals surface area contributed by atoms with Crippen LogP contribution in [-0.2, 0) is 0 Å². The molecule has 1 unspecified atom stereocenters. The Labute approximate surface area is 60.9 Å². The first kappa shape index (κ1) is 6.16. The summed E-state index contributed by atoms with van der Waals surface area (Å²) in [6.45, 7) is 5.24. The number of nitrogens with zero attached hydrogens (tertiary/aromatic N) is 1. The Morgan fingerprint density at radius 3 is 2.90 bits per heavy atom. The van der Waals surface area contributed by atoms with Gasteiger partial charge in [-0.25, -0.2) is 0 Å². The van der Waals surface area contributed by atoms with Gasteiger partial charge in [-0.1, -0.05) is 0 Å². The van der Waals surface area contributed by atoms with Crippen molar-refractivity contribution in [2.75, 3.05) is 19.6 Å². The van der Waals surface area contributed by atoms with Crippen LogP contribution in [0.1, 0.15) is 13.3 Å². The zero-order chi connectivity index (χ0) is 7.03. The molecule has 3 heteroatoms. The van der Waals surface area contributed by atoms with Crippen LogP contribution in [-0.4, -0.2) is 31.0 Å². The Morgan fingerprint density at radius 2 is 2.40 bits per heavy atom. The summed E-state index contributed by atoms with van der Waals surface area (Å²) in [6, 6.07) is 0. The fraction of sp³-hybridized carbons (Fsp3) is 0.857. The molecule has 0 radical (unpaired) electrons. The van der Waals surface area contributed by atoms with Crippen molar-refractivity contribution >= 4 is 5.84 Å². The van der Waals surface area contributed by atoms with Crippen LogP contribution in [0, 0.1) is 0 Å². The molecule has 0 aromatic carbocycles. The largest absolute Gasteiger partial charge is 0.372 e. The van der Waals surface area contributed by atoms with Crippen molar-refractivity contribution in [2.45, 2.75) is 18.9 Å². The predicted octanol–water partition coefficient (Wildman–Crippen LogP) is -0.260. The first-order chi connectivity index (χ1) is 4.81. The maximum Gasteiger partial charge on any atom is 0.0940 e. The number of hydrogen-bond acceptors (Lipinski definition) is 3. The molecule has 56 valence electrons. The fourth-order valence-corrected chi connectivity index (χ4v) is 1.70. The van der Waals surface area contributed by atoms with Gasteiger partial charge in [0.25, 0.3) is 0 Å². The molecule has 0 aromatic rings. The van der Waals surface area contributed by atoms with Crippen LogP contribution in [0.15, 0.2) is 4.99 Å². The van der Waals surface area contributed by atoms with Gasteiger partial charge in [0.2, 0.25) is 0 Å². The smallest absolute Gasteiger partial charge is 0.0940 e. The van der Waals surface area contributed by atoms with Crippen molar-refractivity contribution < 1.29 is 0 Å². The lowest BCUT2D eigenvalue weighted by molar-refractivity contribution is 0.495. The van der Waals surface area contributed by atoms with E-state index in [1.807, 2.05) is 6.92 Å². The Bertz CT molecular complexity index is 168. The summed E-state index contributed by atoms with van der Waals surface area (Å²) in [5, 5.41) is 6.59. The first-order valence-corrected chi connectivity index (χ1v) is 3.82. The maximum absolute atomic E-state index is 4.56. The summed E-state index contributed by atoms with van der Waals surface area (Å²) in [6.07, 6.45) is 1.19. The minimum Gasteiger partial charge on any atom is -0.372 e. The van der Waals surface area contributed by atoms with E-state index in [4.69, 9.17) is 0 Å². The van der Waals surface area contributed by atoms with Crippen LogP contribution < -0.4 is 10.6 Å². The molecule has 0 aliphatic carbocycles. The van der Waals surface area contributed by atoms with Crippen molar-refractivity contribution in [1.29, 1.82) is 0 Å². The van der Waals surface area contributed by atoms with Crippen molar-refractivity contribution in [3.8, 4) is 0 Å². The lowest BCUT2D eigenvalue weighted by Crippen LogP contribution is -2.34. The number of aliphatic imine (C=N–C) groups is 1. The van der Waals surface area contributed by atoms with Crippen LogP contribution in [0.3, 0.4) is 0 Å². The van der Waals surface area contributed by atoms with Crippen molar-refractivity contribution in [2.24, 2.45) is 4.99 Å². The molecule has 1 spiro atoms. The molecular weight excluding hydrogens is 126 g/mol. The highest BCUT2D eigenvalue weighted by Gasteiger charge is 2.36.